The van der Waals surface area contributed by atoms with E-state index in [9.17, 15) is 14.7 Å². The Hall–Kier alpha value is -4.80. The van der Waals surface area contributed by atoms with E-state index in [1.807, 2.05) is 61.9 Å². The summed E-state index contributed by atoms with van der Waals surface area (Å²) >= 11 is 1.53. The van der Waals surface area contributed by atoms with Crippen molar-refractivity contribution in [2.45, 2.75) is 33.2 Å². The van der Waals surface area contributed by atoms with Crippen LogP contribution >= 0.6 is 11.3 Å². The zero-order valence-corrected chi connectivity index (χ0v) is 25.1. The molecule has 0 saturated heterocycles. The Morgan fingerprint density at radius 2 is 2.05 bits per heavy atom. The number of fused-ring (bicyclic) bond motifs is 1. The Labute approximate surface area is 254 Å². The minimum absolute atomic E-state index is 0.177. The second-order valence-corrected chi connectivity index (χ2v) is 11.5. The number of hydrogen-bond donors (Lipinski definition) is 4. The van der Waals surface area contributed by atoms with Crippen LogP contribution in [0.5, 0.6) is 0 Å². The van der Waals surface area contributed by atoms with Crippen LogP contribution in [0, 0.1) is 5.92 Å². The van der Waals surface area contributed by atoms with Crippen molar-refractivity contribution in [3.63, 3.8) is 0 Å². The molecule has 5 rings (SSSR count). The van der Waals surface area contributed by atoms with Crippen LogP contribution in [-0.4, -0.2) is 49.4 Å². The number of anilines is 1. The van der Waals surface area contributed by atoms with Crippen LogP contribution in [-0.2, 0) is 9.59 Å². The molecule has 0 radical (unpaired) electrons. The Kier molecular flexibility index (Phi) is 8.98. The number of aromatic amines is 1. The molecule has 0 aliphatic carbocycles. The fourth-order valence-electron chi connectivity index (χ4n) is 4.96. The molecule has 9 nitrogen and oxygen atoms in total. The van der Waals surface area contributed by atoms with Gasteiger partial charge in [-0.05, 0) is 89.7 Å². The highest BCUT2D eigenvalue weighted by Gasteiger charge is 2.29. The number of benzene rings is 1. The predicted molar refractivity (Wildman–Crippen MR) is 172 cm³/mol. The van der Waals surface area contributed by atoms with Gasteiger partial charge in [0.25, 0.3) is 11.8 Å². The van der Waals surface area contributed by atoms with E-state index in [4.69, 9.17) is 0 Å². The summed E-state index contributed by atoms with van der Waals surface area (Å²) in [4.78, 5) is 41.0. The average Bonchev–Trinajstić information content (AvgIpc) is 3.68. The molecule has 1 atom stereocenters. The number of allylic oxidation sites excluding steroid dienone is 3. The number of nitrogens with zero attached hydrogens (tertiary/aromatic N) is 3. The minimum atomic E-state index is -0.408. The lowest BCUT2D eigenvalue weighted by Gasteiger charge is -2.31. The summed E-state index contributed by atoms with van der Waals surface area (Å²) in [6, 6.07) is 10.7. The third-order valence-electron chi connectivity index (χ3n) is 7.10. The number of aliphatic hydroxyl groups excluding tert-OH is 1. The van der Waals surface area contributed by atoms with Gasteiger partial charge in [0, 0.05) is 29.8 Å². The van der Waals surface area contributed by atoms with E-state index in [0.717, 1.165) is 27.7 Å². The molecule has 1 aliphatic heterocycles. The van der Waals surface area contributed by atoms with Gasteiger partial charge in [0.1, 0.15) is 11.5 Å². The summed E-state index contributed by atoms with van der Waals surface area (Å²) in [6.45, 7) is 9.97. The third-order valence-corrected chi connectivity index (χ3v) is 7.78. The van der Waals surface area contributed by atoms with E-state index >= 15 is 0 Å². The molecule has 0 saturated carbocycles. The van der Waals surface area contributed by atoms with E-state index in [0.29, 0.717) is 34.9 Å². The van der Waals surface area contributed by atoms with Gasteiger partial charge in [0.05, 0.1) is 35.0 Å². The number of nitrogens with one attached hydrogen (secondary N) is 3. The lowest BCUT2D eigenvalue weighted by Crippen LogP contribution is -2.42. The van der Waals surface area contributed by atoms with Crippen molar-refractivity contribution < 1.29 is 14.7 Å². The van der Waals surface area contributed by atoms with Gasteiger partial charge in [-0.15, -0.1) is 0 Å². The van der Waals surface area contributed by atoms with E-state index in [1.54, 1.807) is 41.7 Å². The first-order valence-electron chi connectivity index (χ1n) is 14.0. The van der Waals surface area contributed by atoms with Gasteiger partial charge in [-0.25, -0.2) is 4.98 Å². The molecule has 43 heavy (non-hydrogen) atoms. The molecule has 3 aromatic heterocycles. The van der Waals surface area contributed by atoms with Gasteiger partial charge in [-0.2, -0.15) is 11.3 Å². The first kappa shape index (κ1) is 29.7. The summed E-state index contributed by atoms with van der Waals surface area (Å²) in [7, 11) is 0. The molecule has 4 heterocycles. The molecule has 220 valence electrons. The summed E-state index contributed by atoms with van der Waals surface area (Å²) in [5.41, 5.74) is 5.58. The van der Waals surface area contributed by atoms with E-state index < -0.39 is 6.04 Å². The Bertz CT molecular complexity index is 1730. The smallest absolute Gasteiger partial charge is 0.268 e. The van der Waals surface area contributed by atoms with Gasteiger partial charge in [-0.1, -0.05) is 20.4 Å². The van der Waals surface area contributed by atoms with Crippen molar-refractivity contribution in [1.82, 2.24) is 25.2 Å². The third kappa shape index (κ3) is 6.66. The lowest BCUT2D eigenvalue weighted by molar-refractivity contribution is -0.119. The molecule has 10 heteroatoms. The molecule has 1 aromatic carbocycles. The number of hydrogen-bond acceptors (Lipinski definition) is 7. The van der Waals surface area contributed by atoms with Crippen LogP contribution in [0.15, 0.2) is 101 Å². The van der Waals surface area contributed by atoms with E-state index in [-0.39, 0.29) is 24.3 Å². The van der Waals surface area contributed by atoms with Crippen LogP contribution in [0.25, 0.3) is 28.0 Å². The summed E-state index contributed by atoms with van der Waals surface area (Å²) in [5, 5.41) is 19.8. The highest BCUT2D eigenvalue weighted by molar-refractivity contribution is 7.08. The van der Waals surface area contributed by atoms with Crippen molar-refractivity contribution in [1.29, 1.82) is 0 Å². The van der Waals surface area contributed by atoms with Crippen LogP contribution in [0.1, 0.15) is 32.8 Å². The largest absolute Gasteiger partial charge is 0.394 e. The van der Waals surface area contributed by atoms with E-state index in [2.05, 4.69) is 32.2 Å². The van der Waals surface area contributed by atoms with Crippen molar-refractivity contribution in [2.24, 2.45) is 5.92 Å². The van der Waals surface area contributed by atoms with Crippen molar-refractivity contribution in [3.05, 3.63) is 107 Å². The van der Waals surface area contributed by atoms with Gasteiger partial charge >= 0.3 is 0 Å². The normalized spacial score (nSPS) is 14.5. The zero-order valence-electron chi connectivity index (χ0n) is 24.3. The number of rotatable bonds is 10. The average molecular weight is 595 g/mol. The number of carbonyl (C=O) groups excluding carboxylic acids is 2. The van der Waals surface area contributed by atoms with Gasteiger partial charge < -0.3 is 25.6 Å². The number of H-pyrrole nitrogens is 1. The number of aliphatic hydroxyl groups is 1. The SMILES string of the molecule is C=C1C(C(=O)Nc2ccc3nc(-c4cccnc4)[nH]c3c2)=CC=CN1/C(C(=O)NC(CO)CC(C)C)=C(\C)c1ccsc1. The number of thiophene rings is 1. The number of carbonyl (C=O) groups is 2. The maximum Gasteiger partial charge on any atom is 0.268 e. The summed E-state index contributed by atoms with van der Waals surface area (Å²) in [5.74, 6) is 0.247. The molecular formula is C33H34N6O3S. The topological polar surface area (TPSA) is 123 Å². The first-order valence-corrected chi connectivity index (χ1v) is 14.9. The summed E-state index contributed by atoms with van der Waals surface area (Å²) in [6.07, 6.45) is 9.18. The number of imidazole rings is 1. The quantitative estimate of drug-likeness (QED) is 0.171. The first-order chi connectivity index (χ1) is 20.7. The van der Waals surface area contributed by atoms with Crippen molar-refractivity contribution >= 4 is 45.4 Å². The van der Waals surface area contributed by atoms with Crippen molar-refractivity contribution in [2.75, 3.05) is 11.9 Å². The number of pyridine rings is 1. The fraction of sp³-hybridized carbons (Fsp3) is 0.212. The van der Waals surface area contributed by atoms with Crippen LogP contribution in [0.2, 0.25) is 0 Å². The van der Waals surface area contributed by atoms with Gasteiger partial charge in [-0.3, -0.25) is 14.6 Å². The Morgan fingerprint density at radius 3 is 2.74 bits per heavy atom. The molecule has 1 aliphatic rings. The monoisotopic (exact) mass is 594 g/mol. The Morgan fingerprint density at radius 1 is 1.21 bits per heavy atom. The second-order valence-electron chi connectivity index (χ2n) is 10.7. The zero-order chi connectivity index (χ0) is 30.5. The van der Waals surface area contributed by atoms with Crippen LogP contribution in [0.4, 0.5) is 5.69 Å². The Balaban J connectivity index is 1.39. The number of amides is 2. The molecular weight excluding hydrogens is 560 g/mol. The maximum atomic E-state index is 13.7. The van der Waals surface area contributed by atoms with Crippen LogP contribution in [0.3, 0.4) is 0 Å². The highest BCUT2D eigenvalue weighted by atomic mass is 32.1. The second kappa shape index (κ2) is 13.0. The lowest BCUT2D eigenvalue weighted by atomic mass is 10.0. The number of aromatic nitrogens is 3. The maximum absolute atomic E-state index is 13.7. The van der Waals surface area contributed by atoms with Gasteiger partial charge in [0.15, 0.2) is 0 Å². The van der Waals surface area contributed by atoms with Gasteiger partial charge in [0.2, 0.25) is 0 Å². The predicted octanol–water partition coefficient (Wildman–Crippen LogP) is 5.85. The van der Waals surface area contributed by atoms with E-state index in [1.165, 1.54) is 11.3 Å². The molecule has 4 aromatic rings. The highest BCUT2D eigenvalue weighted by Crippen LogP contribution is 2.31. The molecule has 0 spiro atoms. The molecule has 4 N–H and O–H groups in total. The fourth-order valence-corrected chi connectivity index (χ4v) is 5.67. The summed E-state index contributed by atoms with van der Waals surface area (Å²) < 4.78 is 0. The molecule has 1 unspecified atom stereocenters. The van der Waals surface area contributed by atoms with Crippen molar-refractivity contribution in [3.8, 4) is 11.4 Å². The molecule has 2 amide bonds. The standard InChI is InChI=1S/C33H34N6O3S/c1-20(2)15-26(18-40)36-33(42)30(21(3)24-11-14-43-19-24)39-13-6-8-27(22(39)4)32(41)35-25-9-10-28-29(16-25)38-31(37-28)23-7-5-12-34-17-23/h5-14,16-17,19-20,26,40H,4,15,18H2,1-3H3,(H,35,41)(H,36,42)(H,37,38)/b30-21+. The molecule has 0 fully saturated rings. The minimum Gasteiger partial charge on any atom is -0.394 e. The van der Waals surface area contributed by atoms with Crippen LogP contribution < -0.4 is 10.6 Å². The molecule has 0 bridgehead atoms.